The summed E-state index contributed by atoms with van der Waals surface area (Å²) in [6, 6.07) is 4.17. The van der Waals surface area contributed by atoms with Crippen LogP contribution >= 0.6 is 11.6 Å². The molecular weight excluding hydrogens is 284 g/mol. The Labute approximate surface area is 110 Å². The summed E-state index contributed by atoms with van der Waals surface area (Å²) in [5.74, 6) is -6.30. The lowest BCUT2D eigenvalue weighted by Crippen LogP contribution is -2.10. The second kappa shape index (κ2) is 5.01. The lowest BCUT2D eigenvalue weighted by molar-refractivity contribution is 0.102. The third-order valence-corrected chi connectivity index (χ3v) is 2.72. The van der Waals surface area contributed by atoms with E-state index in [2.05, 4.69) is 0 Å². The van der Waals surface area contributed by atoms with Crippen molar-refractivity contribution in [3.05, 3.63) is 69.8 Å². The highest BCUT2D eigenvalue weighted by molar-refractivity contribution is 6.31. The Kier molecular flexibility index (Phi) is 3.57. The number of rotatable bonds is 2. The number of carbonyl (C=O) groups is 1. The van der Waals surface area contributed by atoms with Crippen LogP contribution in [0.15, 0.2) is 30.3 Å². The molecule has 0 spiro atoms. The van der Waals surface area contributed by atoms with E-state index in [1.54, 1.807) is 0 Å². The monoisotopic (exact) mass is 288 g/mol. The average molecular weight is 289 g/mol. The van der Waals surface area contributed by atoms with Crippen LogP contribution in [0.1, 0.15) is 15.9 Å². The van der Waals surface area contributed by atoms with E-state index in [0.29, 0.717) is 12.1 Å². The van der Waals surface area contributed by atoms with Crippen molar-refractivity contribution in [2.24, 2.45) is 0 Å². The molecule has 0 aliphatic rings. The minimum atomic E-state index is -1.40. The van der Waals surface area contributed by atoms with Gasteiger partial charge in [0.1, 0.15) is 17.5 Å². The largest absolute Gasteiger partial charge is 0.288 e. The number of hydrogen-bond donors (Lipinski definition) is 0. The van der Waals surface area contributed by atoms with Crippen LogP contribution in [0.5, 0.6) is 0 Å². The van der Waals surface area contributed by atoms with E-state index in [0.717, 1.165) is 6.07 Å². The van der Waals surface area contributed by atoms with Crippen LogP contribution in [0.3, 0.4) is 0 Å². The fourth-order valence-corrected chi connectivity index (χ4v) is 1.75. The van der Waals surface area contributed by atoms with Crippen LogP contribution in [0, 0.1) is 23.3 Å². The van der Waals surface area contributed by atoms with E-state index in [9.17, 15) is 22.4 Å². The van der Waals surface area contributed by atoms with Crippen molar-refractivity contribution in [3.63, 3.8) is 0 Å². The maximum absolute atomic E-state index is 13.6. The van der Waals surface area contributed by atoms with E-state index in [4.69, 9.17) is 11.6 Å². The first-order chi connectivity index (χ1) is 8.91. The van der Waals surface area contributed by atoms with E-state index < -0.39 is 40.2 Å². The highest BCUT2D eigenvalue weighted by Gasteiger charge is 2.23. The van der Waals surface area contributed by atoms with Gasteiger partial charge < -0.3 is 0 Å². The van der Waals surface area contributed by atoms with Crippen LogP contribution < -0.4 is 0 Å². The van der Waals surface area contributed by atoms with Gasteiger partial charge in [-0.15, -0.1) is 0 Å². The zero-order valence-electron chi connectivity index (χ0n) is 9.18. The maximum atomic E-state index is 13.6. The highest BCUT2D eigenvalue weighted by atomic mass is 35.5. The van der Waals surface area contributed by atoms with Crippen LogP contribution in [-0.4, -0.2) is 5.78 Å². The zero-order chi connectivity index (χ0) is 14.2. The van der Waals surface area contributed by atoms with Gasteiger partial charge in [-0.2, -0.15) is 0 Å². The van der Waals surface area contributed by atoms with Crippen molar-refractivity contribution in [2.75, 3.05) is 0 Å². The Morgan fingerprint density at radius 2 is 1.58 bits per heavy atom. The molecule has 1 nitrogen and oxygen atoms in total. The quantitative estimate of drug-likeness (QED) is 0.600. The molecule has 0 saturated heterocycles. The van der Waals surface area contributed by atoms with Crippen LogP contribution in [0.2, 0.25) is 5.02 Å². The Bertz CT molecular complexity index is 647. The summed E-state index contributed by atoms with van der Waals surface area (Å²) >= 11 is 5.48. The van der Waals surface area contributed by atoms with Crippen LogP contribution in [0.25, 0.3) is 0 Å². The topological polar surface area (TPSA) is 17.1 Å². The molecule has 0 atom stereocenters. The van der Waals surface area contributed by atoms with Crippen molar-refractivity contribution >= 4 is 17.4 Å². The number of hydrogen-bond acceptors (Lipinski definition) is 1. The molecule has 0 fully saturated rings. The van der Waals surface area contributed by atoms with Gasteiger partial charge in [-0.3, -0.25) is 4.79 Å². The predicted octanol–water partition coefficient (Wildman–Crippen LogP) is 4.13. The molecule has 0 radical (unpaired) electrons. The minimum absolute atomic E-state index is 0.346. The molecule has 2 aromatic carbocycles. The fourth-order valence-electron chi connectivity index (χ4n) is 1.57. The summed E-state index contributed by atoms with van der Waals surface area (Å²) in [6.45, 7) is 0. The highest BCUT2D eigenvalue weighted by Crippen LogP contribution is 2.23. The number of ketones is 1. The lowest BCUT2D eigenvalue weighted by Gasteiger charge is -2.06. The number of benzene rings is 2. The van der Waals surface area contributed by atoms with Gasteiger partial charge in [-0.05, 0) is 12.1 Å². The van der Waals surface area contributed by atoms with Gasteiger partial charge in [0.25, 0.3) is 0 Å². The van der Waals surface area contributed by atoms with E-state index in [1.807, 2.05) is 0 Å². The molecular formula is C13H5ClF4O. The number of carbonyl (C=O) groups excluding carboxylic acids is 1. The van der Waals surface area contributed by atoms with Crippen LogP contribution in [-0.2, 0) is 0 Å². The van der Waals surface area contributed by atoms with E-state index in [1.165, 1.54) is 12.1 Å². The molecule has 2 aromatic rings. The molecule has 0 heterocycles. The van der Waals surface area contributed by atoms with Crippen molar-refractivity contribution < 1.29 is 22.4 Å². The molecule has 0 aliphatic heterocycles. The van der Waals surface area contributed by atoms with Gasteiger partial charge in [-0.25, -0.2) is 17.6 Å². The van der Waals surface area contributed by atoms with Gasteiger partial charge >= 0.3 is 0 Å². The van der Waals surface area contributed by atoms with Gasteiger partial charge in [0.05, 0.1) is 16.1 Å². The molecule has 19 heavy (non-hydrogen) atoms. The lowest BCUT2D eigenvalue weighted by atomic mass is 10.0. The Morgan fingerprint density at radius 3 is 2.16 bits per heavy atom. The molecule has 0 aromatic heterocycles. The fraction of sp³-hybridized carbons (Fsp3) is 0. The summed E-state index contributed by atoms with van der Waals surface area (Å²) in [5, 5.41) is -0.353. The van der Waals surface area contributed by atoms with E-state index >= 15 is 0 Å². The molecule has 6 heteroatoms. The van der Waals surface area contributed by atoms with E-state index in [-0.39, 0.29) is 5.02 Å². The molecule has 0 aliphatic carbocycles. The third kappa shape index (κ3) is 2.46. The minimum Gasteiger partial charge on any atom is -0.288 e. The first kappa shape index (κ1) is 13.5. The van der Waals surface area contributed by atoms with Crippen molar-refractivity contribution in [1.29, 1.82) is 0 Å². The predicted molar refractivity (Wildman–Crippen MR) is 61.2 cm³/mol. The SMILES string of the molecule is O=C(c1cccc(Cl)c1F)c1c(F)cc(F)cc1F. The number of halogens is 5. The zero-order valence-corrected chi connectivity index (χ0v) is 9.94. The Morgan fingerprint density at radius 1 is 1.00 bits per heavy atom. The standard InChI is InChI=1S/C13H5ClF4O/c14-8-3-1-2-7(12(8)18)13(19)11-9(16)4-6(15)5-10(11)17/h1-5H. The van der Waals surface area contributed by atoms with Crippen molar-refractivity contribution in [3.8, 4) is 0 Å². The third-order valence-electron chi connectivity index (χ3n) is 2.43. The maximum Gasteiger partial charge on any atom is 0.201 e. The van der Waals surface area contributed by atoms with Gasteiger partial charge in [0, 0.05) is 12.1 Å². The molecule has 98 valence electrons. The second-order valence-corrected chi connectivity index (χ2v) is 4.08. The Hall–Kier alpha value is -1.88. The molecule has 2 rings (SSSR count). The second-order valence-electron chi connectivity index (χ2n) is 3.67. The molecule has 0 unspecified atom stereocenters. The van der Waals surface area contributed by atoms with Gasteiger partial charge in [-0.1, -0.05) is 17.7 Å². The van der Waals surface area contributed by atoms with Crippen LogP contribution in [0.4, 0.5) is 17.6 Å². The molecule has 0 amide bonds. The first-order valence-corrected chi connectivity index (χ1v) is 5.43. The smallest absolute Gasteiger partial charge is 0.201 e. The van der Waals surface area contributed by atoms with Gasteiger partial charge in [0.2, 0.25) is 5.78 Å². The van der Waals surface area contributed by atoms with Gasteiger partial charge in [0.15, 0.2) is 5.82 Å². The summed E-state index contributed by atoms with van der Waals surface area (Å²) in [7, 11) is 0. The average Bonchev–Trinajstić information content (AvgIpc) is 2.31. The molecule has 0 bridgehead atoms. The summed E-state index contributed by atoms with van der Waals surface area (Å²) < 4.78 is 53.2. The summed E-state index contributed by atoms with van der Waals surface area (Å²) in [6.07, 6.45) is 0. The van der Waals surface area contributed by atoms with Crippen molar-refractivity contribution in [1.82, 2.24) is 0 Å². The summed E-state index contributed by atoms with van der Waals surface area (Å²) in [5.41, 5.74) is -1.61. The van der Waals surface area contributed by atoms with Crippen molar-refractivity contribution in [2.45, 2.75) is 0 Å². The Balaban J connectivity index is 2.60. The normalized spacial score (nSPS) is 10.6. The summed E-state index contributed by atoms with van der Waals surface area (Å²) in [4.78, 5) is 11.9. The molecule has 0 N–H and O–H groups in total. The molecule has 0 saturated carbocycles. The first-order valence-electron chi connectivity index (χ1n) is 5.05.